The van der Waals surface area contributed by atoms with E-state index < -0.39 is 5.60 Å². The second-order valence-corrected chi connectivity index (χ2v) is 8.66. The van der Waals surface area contributed by atoms with Gasteiger partial charge in [-0.3, -0.25) is 14.6 Å². The summed E-state index contributed by atoms with van der Waals surface area (Å²) >= 11 is 3.58. The Hall–Kier alpha value is -1.89. The minimum Gasteiger partial charge on any atom is -0.444 e. The van der Waals surface area contributed by atoms with Crippen molar-refractivity contribution in [1.82, 2.24) is 19.7 Å². The molecular weight excluding hydrogens is 384 g/mol. The number of ether oxygens (including phenoxy) is 1. The third-order valence-corrected chi connectivity index (χ3v) is 4.61. The predicted octanol–water partition coefficient (Wildman–Crippen LogP) is 4.19. The van der Waals surface area contributed by atoms with E-state index in [1.807, 2.05) is 37.6 Å². The van der Waals surface area contributed by atoms with Crippen molar-refractivity contribution in [3.8, 4) is 11.1 Å². The summed E-state index contributed by atoms with van der Waals surface area (Å²) in [5, 5.41) is 4.68. The van der Waals surface area contributed by atoms with Crippen molar-refractivity contribution in [2.24, 2.45) is 0 Å². The lowest BCUT2D eigenvalue weighted by Crippen LogP contribution is -2.50. The molecule has 0 radical (unpaired) electrons. The van der Waals surface area contributed by atoms with Crippen LogP contribution in [-0.2, 0) is 16.8 Å². The molecule has 0 spiro atoms. The molecule has 1 aliphatic heterocycles. The number of halogens is 1. The summed E-state index contributed by atoms with van der Waals surface area (Å²) in [7, 11) is 0. The van der Waals surface area contributed by atoms with Crippen LogP contribution in [0.5, 0.6) is 0 Å². The van der Waals surface area contributed by atoms with Crippen LogP contribution in [-0.4, -0.2) is 37.9 Å². The van der Waals surface area contributed by atoms with Crippen LogP contribution in [0.25, 0.3) is 11.1 Å². The van der Waals surface area contributed by atoms with E-state index in [4.69, 9.17) is 4.74 Å². The summed E-state index contributed by atoms with van der Waals surface area (Å²) < 4.78 is 8.35. The number of aromatic nitrogens is 3. The van der Waals surface area contributed by atoms with Gasteiger partial charge in [-0.1, -0.05) is 0 Å². The lowest BCUT2D eigenvalue weighted by molar-refractivity contribution is 0.00915. The summed E-state index contributed by atoms with van der Waals surface area (Å²) in [6.07, 6.45) is 3.21. The van der Waals surface area contributed by atoms with Crippen molar-refractivity contribution >= 4 is 22.0 Å². The Morgan fingerprint density at radius 2 is 1.92 bits per heavy atom. The molecule has 25 heavy (non-hydrogen) atoms. The zero-order chi connectivity index (χ0) is 18.4. The van der Waals surface area contributed by atoms with Crippen LogP contribution in [0, 0.1) is 0 Å². The first-order valence-corrected chi connectivity index (χ1v) is 9.04. The molecule has 3 heterocycles. The second-order valence-electron chi connectivity index (χ2n) is 7.91. The number of fused-ring (bicyclic) bond motifs is 1. The van der Waals surface area contributed by atoms with Crippen LogP contribution in [0.4, 0.5) is 4.79 Å². The first kappa shape index (κ1) is 17.9. The van der Waals surface area contributed by atoms with Gasteiger partial charge in [0.2, 0.25) is 0 Å². The third-order valence-electron chi connectivity index (χ3n) is 4.05. The summed E-state index contributed by atoms with van der Waals surface area (Å²) in [5.41, 5.74) is 2.14. The van der Waals surface area contributed by atoms with Crippen LogP contribution >= 0.6 is 15.9 Å². The van der Waals surface area contributed by atoms with Gasteiger partial charge in [0, 0.05) is 24.5 Å². The lowest BCUT2D eigenvalue weighted by Gasteiger charge is -2.39. The van der Waals surface area contributed by atoms with Crippen LogP contribution in [0.2, 0.25) is 0 Å². The zero-order valence-corrected chi connectivity index (χ0v) is 16.8. The fraction of sp³-hybridized carbons (Fsp3) is 0.500. The molecule has 6 nitrogen and oxygen atoms in total. The molecule has 0 N–H and O–H groups in total. The van der Waals surface area contributed by atoms with Crippen LogP contribution < -0.4 is 0 Å². The number of hydrogen-bond donors (Lipinski definition) is 0. The van der Waals surface area contributed by atoms with E-state index >= 15 is 0 Å². The quantitative estimate of drug-likeness (QED) is 0.711. The van der Waals surface area contributed by atoms with Gasteiger partial charge >= 0.3 is 6.09 Å². The van der Waals surface area contributed by atoms with Crippen molar-refractivity contribution in [1.29, 1.82) is 0 Å². The van der Waals surface area contributed by atoms with E-state index in [2.05, 4.69) is 39.9 Å². The number of hydrogen-bond acceptors (Lipinski definition) is 4. The maximum absolute atomic E-state index is 12.6. The summed E-state index contributed by atoms with van der Waals surface area (Å²) in [4.78, 5) is 18.4. The molecule has 134 valence electrons. The Kier molecular flexibility index (Phi) is 4.39. The van der Waals surface area contributed by atoms with E-state index in [0.717, 1.165) is 21.4 Å². The van der Waals surface area contributed by atoms with Gasteiger partial charge in [0.25, 0.3) is 0 Å². The first-order valence-electron chi connectivity index (χ1n) is 8.25. The summed E-state index contributed by atoms with van der Waals surface area (Å²) in [6, 6.07) is 3.89. The summed E-state index contributed by atoms with van der Waals surface area (Å²) in [6.45, 7) is 10.8. The Bertz CT molecular complexity index is 793. The number of carbonyl (C=O) groups is 1. The SMILES string of the molecule is CC(C)(C)OC(=O)N1Cc2c(-c3ccncc3)c(Br)nn2C(C)(C)C1. The molecule has 1 aliphatic rings. The van der Waals surface area contributed by atoms with Crippen molar-refractivity contribution < 1.29 is 9.53 Å². The van der Waals surface area contributed by atoms with Crippen LogP contribution in [0.3, 0.4) is 0 Å². The first-order chi connectivity index (χ1) is 11.6. The third kappa shape index (κ3) is 3.56. The fourth-order valence-electron chi connectivity index (χ4n) is 3.10. The van der Waals surface area contributed by atoms with Gasteiger partial charge < -0.3 is 4.74 Å². The highest BCUT2D eigenvalue weighted by atomic mass is 79.9. The van der Waals surface area contributed by atoms with Crippen molar-refractivity contribution in [3.63, 3.8) is 0 Å². The molecule has 0 fully saturated rings. The monoisotopic (exact) mass is 406 g/mol. The minimum absolute atomic E-state index is 0.301. The van der Waals surface area contributed by atoms with Crippen molar-refractivity contribution in [2.75, 3.05) is 6.54 Å². The average molecular weight is 407 g/mol. The number of rotatable bonds is 1. The van der Waals surface area contributed by atoms with Crippen molar-refractivity contribution in [3.05, 3.63) is 34.8 Å². The molecule has 0 aromatic carbocycles. The van der Waals surface area contributed by atoms with Gasteiger partial charge in [0.05, 0.1) is 17.8 Å². The topological polar surface area (TPSA) is 60.2 Å². The number of amides is 1. The number of pyridine rings is 1. The smallest absolute Gasteiger partial charge is 0.410 e. The van der Waals surface area contributed by atoms with E-state index in [1.54, 1.807) is 17.3 Å². The van der Waals surface area contributed by atoms with Crippen LogP contribution in [0.1, 0.15) is 40.3 Å². The highest BCUT2D eigenvalue weighted by molar-refractivity contribution is 9.10. The maximum Gasteiger partial charge on any atom is 0.410 e. The molecule has 0 aliphatic carbocycles. The van der Waals surface area contributed by atoms with Gasteiger partial charge in [-0.05, 0) is 68.2 Å². The predicted molar refractivity (Wildman–Crippen MR) is 99.1 cm³/mol. The minimum atomic E-state index is -0.520. The Morgan fingerprint density at radius 3 is 2.52 bits per heavy atom. The van der Waals surface area contributed by atoms with Crippen molar-refractivity contribution in [2.45, 2.75) is 52.3 Å². The van der Waals surface area contributed by atoms with Gasteiger partial charge in [-0.2, -0.15) is 5.10 Å². The zero-order valence-electron chi connectivity index (χ0n) is 15.2. The Labute approximate surface area is 156 Å². The Morgan fingerprint density at radius 1 is 1.28 bits per heavy atom. The lowest BCUT2D eigenvalue weighted by atomic mass is 9.99. The molecule has 3 rings (SSSR count). The van der Waals surface area contributed by atoms with E-state index in [9.17, 15) is 4.79 Å². The van der Waals surface area contributed by atoms with E-state index in [1.165, 1.54) is 0 Å². The van der Waals surface area contributed by atoms with E-state index in [-0.39, 0.29) is 11.6 Å². The molecule has 0 atom stereocenters. The largest absolute Gasteiger partial charge is 0.444 e. The molecule has 0 saturated carbocycles. The van der Waals surface area contributed by atoms with Gasteiger partial charge in [0.15, 0.2) is 0 Å². The maximum atomic E-state index is 12.6. The van der Waals surface area contributed by atoms with Gasteiger partial charge in [0.1, 0.15) is 10.2 Å². The van der Waals surface area contributed by atoms with Gasteiger partial charge in [-0.25, -0.2) is 4.79 Å². The summed E-state index contributed by atoms with van der Waals surface area (Å²) in [5.74, 6) is 0. The molecule has 0 bridgehead atoms. The molecule has 2 aromatic rings. The molecular formula is C18H23BrN4O2. The van der Waals surface area contributed by atoms with E-state index in [0.29, 0.717) is 13.1 Å². The second kappa shape index (κ2) is 6.12. The fourth-order valence-corrected chi connectivity index (χ4v) is 3.72. The van der Waals surface area contributed by atoms with Crippen LogP contribution in [0.15, 0.2) is 29.1 Å². The molecule has 7 heteroatoms. The Balaban J connectivity index is 2.03. The highest BCUT2D eigenvalue weighted by Gasteiger charge is 2.38. The number of carbonyl (C=O) groups excluding carboxylic acids is 1. The average Bonchev–Trinajstić information content (AvgIpc) is 2.83. The molecule has 0 saturated heterocycles. The molecule has 0 unspecified atom stereocenters. The normalized spacial score (nSPS) is 16.5. The standard InChI is InChI=1S/C18H23BrN4O2/c1-17(2,3)25-16(24)22-10-13-14(12-6-8-20-9-7-12)15(19)21-23(13)18(4,5)11-22/h6-9H,10-11H2,1-5H3. The molecule has 1 amide bonds. The highest BCUT2D eigenvalue weighted by Crippen LogP contribution is 2.38. The van der Waals surface area contributed by atoms with Gasteiger partial charge in [-0.15, -0.1) is 0 Å². The molecule has 2 aromatic heterocycles. The number of nitrogens with zero attached hydrogens (tertiary/aromatic N) is 4.